The number of hydrogen-bond acceptors (Lipinski definition) is 3. The third kappa shape index (κ3) is 2.28. The number of aryl methyl sites for hydroxylation is 1. The summed E-state index contributed by atoms with van der Waals surface area (Å²) in [7, 11) is 0. The number of benzene rings is 1. The highest BCUT2D eigenvalue weighted by molar-refractivity contribution is 6.08. The van der Waals surface area contributed by atoms with Crippen LogP contribution in [0.25, 0.3) is 0 Å². The van der Waals surface area contributed by atoms with Crippen LogP contribution in [0.4, 0.5) is 5.69 Å². The normalized spacial score (nSPS) is 24.2. The van der Waals surface area contributed by atoms with E-state index in [2.05, 4.69) is 17.3 Å². The Morgan fingerprint density at radius 2 is 2.12 bits per heavy atom. The van der Waals surface area contributed by atoms with Crippen LogP contribution in [0.2, 0.25) is 0 Å². The van der Waals surface area contributed by atoms with Gasteiger partial charge in [0.25, 0.3) is 5.91 Å². The number of amides is 2. The van der Waals surface area contributed by atoms with Gasteiger partial charge in [-0.1, -0.05) is 31.5 Å². The van der Waals surface area contributed by atoms with E-state index in [4.69, 9.17) is 0 Å². The van der Waals surface area contributed by atoms with Gasteiger partial charge in [-0.25, -0.2) is 0 Å². The average molecular weight is 352 g/mol. The molecule has 0 unspecified atom stereocenters. The van der Waals surface area contributed by atoms with E-state index in [0.29, 0.717) is 18.7 Å². The zero-order chi connectivity index (χ0) is 18.3. The number of carbonyl (C=O) groups is 2. The number of nitrogens with zero attached hydrogens (tertiary/aromatic N) is 3. The van der Waals surface area contributed by atoms with Crippen molar-refractivity contribution < 1.29 is 9.59 Å². The Kier molecular flexibility index (Phi) is 4.05. The molecule has 2 amide bonds. The fraction of sp³-hybridized carbons (Fsp3) is 0.450. The molecule has 136 valence electrons. The van der Waals surface area contributed by atoms with Crippen molar-refractivity contribution in [3.05, 3.63) is 47.8 Å². The maximum Gasteiger partial charge on any atom is 0.274 e. The topological polar surface area (TPSA) is 67.2 Å². The molecular formula is C20H24N4O2. The molecule has 1 saturated heterocycles. The molecule has 2 aromatic rings. The van der Waals surface area contributed by atoms with Gasteiger partial charge in [0, 0.05) is 25.0 Å². The number of rotatable bonds is 4. The second-order valence-corrected chi connectivity index (χ2v) is 7.08. The Labute approximate surface area is 153 Å². The minimum Gasteiger partial charge on any atom is -0.333 e. The minimum atomic E-state index is -0.643. The minimum absolute atomic E-state index is 0.0199. The molecule has 3 heterocycles. The molecule has 1 spiro atoms. The summed E-state index contributed by atoms with van der Waals surface area (Å²) in [6, 6.07) is 9.49. The Morgan fingerprint density at radius 1 is 1.31 bits per heavy atom. The smallest absolute Gasteiger partial charge is 0.274 e. The van der Waals surface area contributed by atoms with Gasteiger partial charge in [-0.2, -0.15) is 5.10 Å². The van der Waals surface area contributed by atoms with Crippen LogP contribution >= 0.6 is 0 Å². The van der Waals surface area contributed by atoms with Crippen molar-refractivity contribution in [2.75, 3.05) is 11.9 Å². The predicted molar refractivity (Wildman–Crippen MR) is 99.0 cm³/mol. The van der Waals surface area contributed by atoms with Crippen molar-refractivity contribution in [3.63, 3.8) is 0 Å². The molecule has 0 bridgehead atoms. The van der Waals surface area contributed by atoms with Crippen molar-refractivity contribution in [2.45, 2.75) is 51.1 Å². The molecule has 2 atom stereocenters. The molecule has 0 saturated carbocycles. The lowest BCUT2D eigenvalue weighted by Crippen LogP contribution is -2.48. The second kappa shape index (κ2) is 6.27. The van der Waals surface area contributed by atoms with Crippen molar-refractivity contribution in [2.24, 2.45) is 0 Å². The first kappa shape index (κ1) is 16.8. The molecule has 0 radical (unpaired) electrons. The Balaban J connectivity index is 1.73. The SMILES string of the molecule is CCC[C@@H]1N(C(=O)c2ccn(CC)n2)CC[C@@]12C(=O)Nc1ccccc12. The summed E-state index contributed by atoms with van der Waals surface area (Å²) in [6.07, 6.45) is 4.18. The van der Waals surface area contributed by atoms with E-state index in [1.807, 2.05) is 42.3 Å². The van der Waals surface area contributed by atoms with Crippen molar-refractivity contribution in [1.82, 2.24) is 14.7 Å². The molecule has 1 N–H and O–H groups in total. The zero-order valence-electron chi connectivity index (χ0n) is 15.2. The fourth-order valence-electron chi connectivity index (χ4n) is 4.52. The number of para-hydroxylation sites is 1. The molecule has 26 heavy (non-hydrogen) atoms. The first-order chi connectivity index (χ1) is 12.6. The summed E-state index contributed by atoms with van der Waals surface area (Å²) in [6.45, 7) is 5.39. The van der Waals surface area contributed by atoms with Gasteiger partial charge in [0.1, 0.15) is 5.69 Å². The number of anilines is 1. The van der Waals surface area contributed by atoms with Gasteiger partial charge >= 0.3 is 0 Å². The van der Waals surface area contributed by atoms with E-state index in [9.17, 15) is 9.59 Å². The van der Waals surface area contributed by atoms with Gasteiger partial charge < -0.3 is 10.2 Å². The summed E-state index contributed by atoms with van der Waals surface area (Å²) < 4.78 is 1.76. The summed E-state index contributed by atoms with van der Waals surface area (Å²) in [4.78, 5) is 28.0. The van der Waals surface area contributed by atoms with Crippen LogP contribution in [0.15, 0.2) is 36.5 Å². The van der Waals surface area contributed by atoms with Crippen molar-refractivity contribution in [1.29, 1.82) is 0 Å². The van der Waals surface area contributed by atoms with E-state index in [-0.39, 0.29) is 17.9 Å². The predicted octanol–water partition coefficient (Wildman–Crippen LogP) is 2.81. The zero-order valence-corrected chi connectivity index (χ0v) is 15.2. The molecule has 2 aliphatic rings. The van der Waals surface area contributed by atoms with Crippen LogP contribution in [-0.2, 0) is 16.8 Å². The van der Waals surface area contributed by atoms with E-state index in [1.165, 1.54) is 0 Å². The third-order valence-electron chi connectivity index (χ3n) is 5.76. The maximum absolute atomic E-state index is 13.1. The van der Waals surface area contributed by atoms with Crippen LogP contribution in [0.1, 0.15) is 49.2 Å². The first-order valence-electron chi connectivity index (χ1n) is 9.37. The Bertz CT molecular complexity index is 859. The molecule has 1 aromatic carbocycles. The molecule has 2 aliphatic heterocycles. The van der Waals surface area contributed by atoms with Gasteiger partial charge in [-0.3, -0.25) is 14.3 Å². The number of nitrogens with one attached hydrogen (secondary N) is 1. The van der Waals surface area contributed by atoms with E-state index in [1.54, 1.807) is 10.7 Å². The van der Waals surface area contributed by atoms with Crippen LogP contribution in [0.3, 0.4) is 0 Å². The van der Waals surface area contributed by atoms with E-state index >= 15 is 0 Å². The number of aromatic nitrogens is 2. The van der Waals surface area contributed by atoms with Crippen LogP contribution < -0.4 is 5.32 Å². The number of carbonyl (C=O) groups excluding carboxylic acids is 2. The highest BCUT2D eigenvalue weighted by Crippen LogP contribution is 2.49. The van der Waals surface area contributed by atoms with Gasteiger partial charge in [0.05, 0.1) is 11.5 Å². The van der Waals surface area contributed by atoms with Crippen LogP contribution in [-0.4, -0.2) is 39.1 Å². The lowest BCUT2D eigenvalue weighted by atomic mass is 9.73. The lowest BCUT2D eigenvalue weighted by Gasteiger charge is -2.33. The second-order valence-electron chi connectivity index (χ2n) is 7.08. The third-order valence-corrected chi connectivity index (χ3v) is 5.76. The largest absolute Gasteiger partial charge is 0.333 e. The average Bonchev–Trinajstić information content (AvgIpc) is 3.34. The molecule has 6 nitrogen and oxygen atoms in total. The number of hydrogen-bond donors (Lipinski definition) is 1. The molecule has 4 rings (SSSR count). The summed E-state index contributed by atoms with van der Waals surface area (Å²) in [5, 5.41) is 7.41. The van der Waals surface area contributed by atoms with Gasteiger partial charge in [-0.05, 0) is 37.5 Å². The monoisotopic (exact) mass is 352 g/mol. The summed E-state index contributed by atoms with van der Waals surface area (Å²) in [5.74, 6) is -0.0590. The van der Waals surface area contributed by atoms with Crippen molar-refractivity contribution in [3.8, 4) is 0 Å². The lowest BCUT2D eigenvalue weighted by molar-refractivity contribution is -0.121. The Hall–Kier alpha value is -2.63. The summed E-state index contributed by atoms with van der Waals surface area (Å²) in [5.41, 5.74) is 1.72. The highest BCUT2D eigenvalue weighted by Gasteiger charge is 2.58. The quantitative estimate of drug-likeness (QED) is 0.920. The maximum atomic E-state index is 13.1. The molecule has 1 fully saturated rings. The van der Waals surface area contributed by atoms with Gasteiger partial charge in [-0.15, -0.1) is 0 Å². The number of fused-ring (bicyclic) bond motifs is 2. The summed E-state index contributed by atoms with van der Waals surface area (Å²) >= 11 is 0. The number of likely N-dealkylation sites (tertiary alicyclic amines) is 1. The van der Waals surface area contributed by atoms with Gasteiger partial charge in [0.2, 0.25) is 5.91 Å². The Morgan fingerprint density at radius 3 is 2.85 bits per heavy atom. The van der Waals surface area contributed by atoms with E-state index < -0.39 is 5.41 Å². The van der Waals surface area contributed by atoms with E-state index in [0.717, 1.165) is 30.6 Å². The van der Waals surface area contributed by atoms with Crippen LogP contribution in [0.5, 0.6) is 0 Å². The standard InChI is InChI=1S/C20H24N4O2/c1-3-7-17-20(14-8-5-6-9-15(14)21-19(20)26)11-13-24(17)18(25)16-10-12-23(4-2)22-16/h5-6,8-10,12,17H,3-4,7,11,13H2,1-2H3,(H,21,26)/t17-,20-/m0/s1. The van der Waals surface area contributed by atoms with Crippen molar-refractivity contribution >= 4 is 17.5 Å². The molecular weight excluding hydrogens is 328 g/mol. The highest BCUT2D eigenvalue weighted by atomic mass is 16.2. The molecule has 1 aromatic heterocycles. The molecule has 6 heteroatoms. The molecule has 0 aliphatic carbocycles. The first-order valence-corrected chi connectivity index (χ1v) is 9.37. The van der Waals surface area contributed by atoms with Gasteiger partial charge in [0.15, 0.2) is 0 Å². The fourth-order valence-corrected chi connectivity index (χ4v) is 4.52. The van der Waals surface area contributed by atoms with Crippen LogP contribution in [0, 0.1) is 0 Å².